The van der Waals surface area contributed by atoms with Crippen LogP contribution in [0.25, 0.3) is 10.1 Å². The van der Waals surface area contributed by atoms with Gasteiger partial charge < -0.3 is 15.1 Å². The Labute approximate surface area is 161 Å². The van der Waals surface area contributed by atoms with Crippen LogP contribution in [-0.2, 0) is 0 Å². The fourth-order valence-electron chi connectivity index (χ4n) is 4.97. The Balaban J connectivity index is 1.43. The number of benzene rings is 2. The zero-order valence-electron chi connectivity index (χ0n) is 14.8. The second kappa shape index (κ2) is 6.16. The van der Waals surface area contributed by atoms with Gasteiger partial charge in [-0.05, 0) is 34.9 Å². The van der Waals surface area contributed by atoms with Crippen LogP contribution >= 0.6 is 11.3 Å². The van der Waals surface area contributed by atoms with Gasteiger partial charge in [-0.15, -0.1) is 11.3 Å². The maximum Gasteiger partial charge on any atom is 0.264 e. The Morgan fingerprint density at radius 3 is 2.63 bits per heavy atom. The molecule has 2 N–H and O–H groups in total. The fourth-order valence-corrected chi connectivity index (χ4v) is 6.00. The van der Waals surface area contributed by atoms with E-state index >= 15 is 0 Å². The number of aliphatic hydroxyl groups excluding tert-OH is 2. The van der Waals surface area contributed by atoms with Crippen molar-refractivity contribution >= 4 is 27.3 Å². The minimum absolute atomic E-state index is 0.00453. The van der Waals surface area contributed by atoms with Gasteiger partial charge >= 0.3 is 0 Å². The van der Waals surface area contributed by atoms with E-state index in [1.54, 1.807) is 4.90 Å². The third kappa shape index (κ3) is 2.46. The van der Waals surface area contributed by atoms with E-state index in [9.17, 15) is 15.0 Å². The molecular formula is C22H21NO3S. The number of hydrogen-bond donors (Lipinski definition) is 2. The Morgan fingerprint density at radius 2 is 1.89 bits per heavy atom. The second-order valence-corrected chi connectivity index (χ2v) is 8.72. The monoisotopic (exact) mass is 379 g/mol. The molecule has 2 aromatic carbocycles. The molecule has 0 unspecified atom stereocenters. The number of carbonyl (C=O) groups is 1. The molecule has 4 atom stereocenters. The molecule has 1 saturated carbocycles. The topological polar surface area (TPSA) is 60.8 Å². The first kappa shape index (κ1) is 16.9. The number of likely N-dealkylation sites (tertiary alicyclic amines) is 1. The molecule has 0 bridgehead atoms. The molecule has 1 saturated heterocycles. The van der Waals surface area contributed by atoms with Crippen LogP contribution in [0.15, 0.2) is 60.7 Å². The molecular weight excluding hydrogens is 358 g/mol. The van der Waals surface area contributed by atoms with E-state index in [1.807, 2.05) is 60.7 Å². The molecule has 3 aromatic rings. The number of nitrogens with zero attached hydrogens (tertiary/aromatic N) is 1. The average molecular weight is 379 g/mol. The molecule has 1 aliphatic carbocycles. The first-order valence-corrected chi connectivity index (χ1v) is 10.1. The number of β-amino-alcohol motifs (C(OH)–C–C–N with tert-alkyl or cyclic N) is 1. The van der Waals surface area contributed by atoms with E-state index in [0.29, 0.717) is 18.0 Å². The lowest BCUT2D eigenvalue weighted by molar-refractivity contribution is 0.0769. The lowest BCUT2D eigenvalue weighted by atomic mass is 9.95. The highest BCUT2D eigenvalue weighted by Gasteiger charge is 2.71. The first-order chi connectivity index (χ1) is 13.1. The number of fused-ring (bicyclic) bond motifs is 1. The molecule has 0 radical (unpaired) electrons. The summed E-state index contributed by atoms with van der Waals surface area (Å²) in [6, 6.07) is 19.9. The fraction of sp³-hybridized carbons (Fsp3) is 0.318. The minimum Gasteiger partial charge on any atom is -0.396 e. The Kier molecular flexibility index (Phi) is 3.86. The van der Waals surface area contributed by atoms with E-state index in [1.165, 1.54) is 11.3 Å². The predicted octanol–water partition coefficient (Wildman–Crippen LogP) is 3.11. The van der Waals surface area contributed by atoms with Gasteiger partial charge in [0.05, 0.1) is 11.0 Å². The number of rotatable bonds is 3. The number of thiophene rings is 1. The Bertz CT molecular complexity index is 968. The highest BCUT2D eigenvalue weighted by molar-refractivity contribution is 7.20. The quantitative estimate of drug-likeness (QED) is 0.735. The predicted molar refractivity (Wildman–Crippen MR) is 106 cm³/mol. The van der Waals surface area contributed by atoms with Crippen molar-refractivity contribution in [2.24, 2.45) is 11.3 Å². The Morgan fingerprint density at radius 1 is 1.15 bits per heavy atom. The Hall–Kier alpha value is -2.21. The van der Waals surface area contributed by atoms with Crippen LogP contribution in [-0.4, -0.2) is 46.8 Å². The summed E-state index contributed by atoms with van der Waals surface area (Å²) in [5.41, 5.74) is 0.703. The molecule has 27 heavy (non-hydrogen) atoms. The van der Waals surface area contributed by atoms with Crippen LogP contribution < -0.4 is 0 Å². The highest BCUT2D eigenvalue weighted by Crippen LogP contribution is 2.68. The van der Waals surface area contributed by atoms with Crippen molar-refractivity contribution in [1.82, 2.24) is 4.90 Å². The molecule has 2 fully saturated rings. The third-order valence-electron chi connectivity index (χ3n) is 6.32. The van der Waals surface area contributed by atoms with Crippen LogP contribution in [0.3, 0.4) is 0 Å². The van der Waals surface area contributed by atoms with Crippen molar-refractivity contribution in [2.75, 3.05) is 19.7 Å². The van der Waals surface area contributed by atoms with E-state index in [-0.39, 0.29) is 24.3 Å². The summed E-state index contributed by atoms with van der Waals surface area (Å²) in [6.07, 6.45) is -0.613. The molecule has 1 aromatic heterocycles. The van der Waals surface area contributed by atoms with Crippen LogP contribution in [0, 0.1) is 11.3 Å². The number of aliphatic hydroxyl groups is 2. The van der Waals surface area contributed by atoms with Gasteiger partial charge in [-0.1, -0.05) is 48.5 Å². The van der Waals surface area contributed by atoms with Gasteiger partial charge in [0, 0.05) is 29.8 Å². The van der Waals surface area contributed by atoms with Crippen LogP contribution in [0.4, 0.5) is 0 Å². The normalized spacial score (nSPS) is 29.6. The standard InChI is InChI=1S/C22H21NO3S/c24-12-16-20(14-6-2-1-3-7-14)22(16)13-23(11-19(22)25)21(26)18-10-15-8-4-5-9-17(15)27-18/h1-10,16,19-20,24-25H,11-13H2/t16-,19+,20-,22-/m1/s1. The number of hydrogen-bond acceptors (Lipinski definition) is 4. The SMILES string of the molecule is O=C(c1cc2ccccc2s1)N1C[C@H](O)[C@@]2(C1)[C@H](CO)[C@H]2c1ccccc1. The van der Waals surface area contributed by atoms with Gasteiger partial charge in [-0.25, -0.2) is 0 Å². The maximum absolute atomic E-state index is 13.1. The maximum atomic E-state index is 13.1. The molecule has 5 heteroatoms. The van der Waals surface area contributed by atoms with Gasteiger partial charge in [0.15, 0.2) is 0 Å². The van der Waals surface area contributed by atoms with E-state index < -0.39 is 11.5 Å². The zero-order chi connectivity index (χ0) is 18.6. The summed E-state index contributed by atoms with van der Waals surface area (Å²) in [5.74, 6) is 0.0662. The van der Waals surface area contributed by atoms with E-state index in [0.717, 1.165) is 15.6 Å². The van der Waals surface area contributed by atoms with Gasteiger partial charge in [-0.2, -0.15) is 0 Å². The molecule has 4 nitrogen and oxygen atoms in total. The van der Waals surface area contributed by atoms with Crippen LogP contribution in [0.1, 0.15) is 21.2 Å². The first-order valence-electron chi connectivity index (χ1n) is 9.27. The van der Waals surface area contributed by atoms with E-state index in [2.05, 4.69) is 0 Å². The van der Waals surface area contributed by atoms with E-state index in [4.69, 9.17) is 0 Å². The molecule has 1 amide bonds. The summed E-state index contributed by atoms with van der Waals surface area (Å²) < 4.78 is 1.09. The molecule has 2 aliphatic rings. The minimum atomic E-state index is -0.613. The smallest absolute Gasteiger partial charge is 0.264 e. The van der Waals surface area contributed by atoms with Crippen molar-refractivity contribution in [3.63, 3.8) is 0 Å². The van der Waals surface area contributed by atoms with Crippen molar-refractivity contribution in [1.29, 1.82) is 0 Å². The number of carbonyl (C=O) groups excluding carboxylic acids is 1. The van der Waals surface area contributed by atoms with Gasteiger partial charge in [-0.3, -0.25) is 4.79 Å². The third-order valence-corrected chi connectivity index (χ3v) is 7.42. The van der Waals surface area contributed by atoms with Crippen molar-refractivity contribution in [3.8, 4) is 0 Å². The molecule has 2 heterocycles. The summed E-state index contributed by atoms with van der Waals surface area (Å²) in [5, 5.41) is 21.8. The zero-order valence-corrected chi connectivity index (χ0v) is 15.6. The molecule has 138 valence electrons. The van der Waals surface area contributed by atoms with Crippen LogP contribution in [0.5, 0.6) is 0 Å². The lowest BCUT2D eigenvalue weighted by Crippen LogP contribution is -2.29. The lowest BCUT2D eigenvalue weighted by Gasteiger charge is -2.16. The van der Waals surface area contributed by atoms with Gasteiger partial charge in [0.25, 0.3) is 5.91 Å². The number of amides is 1. The summed E-state index contributed by atoms with van der Waals surface area (Å²) >= 11 is 1.50. The largest absolute Gasteiger partial charge is 0.396 e. The summed E-state index contributed by atoms with van der Waals surface area (Å²) in [6.45, 7) is 0.848. The van der Waals surface area contributed by atoms with Crippen LogP contribution in [0.2, 0.25) is 0 Å². The highest BCUT2D eigenvalue weighted by atomic mass is 32.1. The summed E-state index contributed by atoms with van der Waals surface area (Å²) in [4.78, 5) is 15.5. The molecule has 1 spiro atoms. The average Bonchev–Trinajstić information content (AvgIpc) is 2.97. The molecule has 5 rings (SSSR count). The van der Waals surface area contributed by atoms with Gasteiger partial charge in [0.1, 0.15) is 0 Å². The van der Waals surface area contributed by atoms with Crippen molar-refractivity contribution in [3.05, 3.63) is 71.1 Å². The molecule has 1 aliphatic heterocycles. The second-order valence-electron chi connectivity index (χ2n) is 7.64. The van der Waals surface area contributed by atoms with Gasteiger partial charge in [0.2, 0.25) is 0 Å². The van der Waals surface area contributed by atoms with Crippen molar-refractivity contribution in [2.45, 2.75) is 12.0 Å². The van der Waals surface area contributed by atoms with Crippen molar-refractivity contribution < 1.29 is 15.0 Å². The summed E-state index contributed by atoms with van der Waals surface area (Å²) in [7, 11) is 0.